The lowest BCUT2D eigenvalue weighted by atomic mass is 9.96. The van der Waals surface area contributed by atoms with Crippen molar-refractivity contribution in [3.63, 3.8) is 0 Å². The molecule has 130 valence electrons. The van der Waals surface area contributed by atoms with Crippen LogP contribution in [0.3, 0.4) is 0 Å². The number of amides is 1. The van der Waals surface area contributed by atoms with Crippen LogP contribution in [0.15, 0.2) is 6.07 Å². The van der Waals surface area contributed by atoms with Gasteiger partial charge in [-0.15, -0.1) is 0 Å². The quantitative estimate of drug-likeness (QED) is 0.827. The van der Waals surface area contributed by atoms with Crippen LogP contribution >= 0.6 is 0 Å². The van der Waals surface area contributed by atoms with Crippen LogP contribution in [0.25, 0.3) is 0 Å². The predicted octanol–water partition coefficient (Wildman–Crippen LogP) is 1.54. The van der Waals surface area contributed by atoms with E-state index in [4.69, 9.17) is 4.74 Å². The lowest BCUT2D eigenvalue weighted by molar-refractivity contribution is -0.124. The minimum atomic E-state index is -0.259. The number of aryl methyl sites for hydroxylation is 2. The number of carbonyl (C=O) groups is 1. The van der Waals surface area contributed by atoms with Crippen molar-refractivity contribution in [2.24, 2.45) is 5.92 Å². The van der Waals surface area contributed by atoms with Gasteiger partial charge in [0.25, 0.3) is 0 Å². The second-order valence-electron chi connectivity index (χ2n) is 6.57. The van der Waals surface area contributed by atoms with Crippen molar-refractivity contribution in [2.45, 2.75) is 39.7 Å². The summed E-state index contributed by atoms with van der Waals surface area (Å²) in [4.78, 5) is 14.8. The molecule has 2 rings (SSSR count). The molecule has 6 heteroatoms. The summed E-state index contributed by atoms with van der Waals surface area (Å²) in [5, 5.41) is 7.50. The van der Waals surface area contributed by atoms with Gasteiger partial charge in [-0.05, 0) is 58.7 Å². The number of nitrogens with zero attached hydrogens (tertiary/aromatic N) is 3. The molecule has 23 heavy (non-hydrogen) atoms. The number of hydrogen-bond acceptors (Lipinski definition) is 4. The van der Waals surface area contributed by atoms with E-state index in [1.54, 1.807) is 11.8 Å². The van der Waals surface area contributed by atoms with Gasteiger partial charge in [-0.2, -0.15) is 5.10 Å². The van der Waals surface area contributed by atoms with Crippen LogP contribution in [0.2, 0.25) is 0 Å². The summed E-state index contributed by atoms with van der Waals surface area (Å²) in [6.45, 7) is 10.6. The molecule has 0 saturated carbocycles. The van der Waals surface area contributed by atoms with Crippen LogP contribution in [-0.2, 0) is 9.53 Å². The largest absolute Gasteiger partial charge is 0.383 e. The Kier molecular flexibility index (Phi) is 6.59. The first-order valence-corrected chi connectivity index (χ1v) is 8.53. The predicted molar refractivity (Wildman–Crippen MR) is 90.5 cm³/mol. The van der Waals surface area contributed by atoms with E-state index >= 15 is 0 Å². The molecule has 1 aliphatic heterocycles. The number of aromatic nitrogens is 2. The van der Waals surface area contributed by atoms with Gasteiger partial charge in [0.2, 0.25) is 5.91 Å². The highest BCUT2D eigenvalue weighted by Gasteiger charge is 2.22. The Balaban J connectivity index is 1.74. The first-order valence-electron chi connectivity index (χ1n) is 8.53. The Labute approximate surface area is 139 Å². The molecule has 1 saturated heterocycles. The first-order chi connectivity index (χ1) is 11.0. The molecule has 1 aromatic rings. The average Bonchev–Trinajstić information content (AvgIpc) is 2.89. The Hall–Kier alpha value is -1.40. The fourth-order valence-corrected chi connectivity index (χ4v) is 3.18. The minimum absolute atomic E-state index is 0.0537. The SMILES string of the molecule is COCCN1CCC(CNC(=O)[C@H](C)n2nc(C)cc2C)CC1. The summed E-state index contributed by atoms with van der Waals surface area (Å²) < 4.78 is 6.93. The van der Waals surface area contributed by atoms with Crippen molar-refractivity contribution in [1.29, 1.82) is 0 Å². The fraction of sp³-hybridized carbons (Fsp3) is 0.765. The van der Waals surface area contributed by atoms with E-state index < -0.39 is 0 Å². The summed E-state index contributed by atoms with van der Waals surface area (Å²) in [5.41, 5.74) is 1.97. The van der Waals surface area contributed by atoms with E-state index in [1.165, 1.54) is 0 Å². The molecule has 0 aromatic carbocycles. The maximum atomic E-state index is 12.4. The van der Waals surface area contributed by atoms with E-state index in [0.717, 1.165) is 57.0 Å². The number of nitrogens with one attached hydrogen (secondary N) is 1. The minimum Gasteiger partial charge on any atom is -0.383 e. The fourth-order valence-electron chi connectivity index (χ4n) is 3.18. The number of carbonyl (C=O) groups excluding carboxylic acids is 1. The summed E-state index contributed by atoms with van der Waals surface area (Å²) in [5.74, 6) is 0.628. The second-order valence-corrected chi connectivity index (χ2v) is 6.57. The highest BCUT2D eigenvalue weighted by molar-refractivity contribution is 5.79. The van der Waals surface area contributed by atoms with Crippen LogP contribution in [0.4, 0.5) is 0 Å². The van der Waals surface area contributed by atoms with Gasteiger partial charge in [0.05, 0.1) is 12.3 Å². The molecular weight excluding hydrogens is 292 g/mol. The zero-order chi connectivity index (χ0) is 16.8. The van der Waals surface area contributed by atoms with Crippen LogP contribution < -0.4 is 5.32 Å². The topological polar surface area (TPSA) is 59.4 Å². The summed E-state index contributed by atoms with van der Waals surface area (Å²) >= 11 is 0. The molecule has 1 N–H and O–H groups in total. The van der Waals surface area contributed by atoms with Crippen molar-refractivity contribution in [1.82, 2.24) is 20.0 Å². The van der Waals surface area contributed by atoms with Gasteiger partial charge in [0.1, 0.15) is 6.04 Å². The van der Waals surface area contributed by atoms with Gasteiger partial charge in [-0.25, -0.2) is 0 Å². The smallest absolute Gasteiger partial charge is 0.244 e. The van der Waals surface area contributed by atoms with Gasteiger partial charge in [-0.1, -0.05) is 0 Å². The lowest BCUT2D eigenvalue weighted by Gasteiger charge is -2.32. The van der Waals surface area contributed by atoms with Crippen molar-refractivity contribution in [2.75, 3.05) is 39.9 Å². The van der Waals surface area contributed by atoms with E-state index in [2.05, 4.69) is 15.3 Å². The van der Waals surface area contributed by atoms with Crippen LogP contribution in [-0.4, -0.2) is 60.5 Å². The van der Waals surface area contributed by atoms with Crippen molar-refractivity contribution < 1.29 is 9.53 Å². The zero-order valence-electron chi connectivity index (χ0n) is 14.8. The second kappa shape index (κ2) is 8.45. The van der Waals surface area contributed by atoms with Gasteiger partial charge >= 0.3 is 0 Å². The van der Waals surface area contributed by atoms with Crippen molar-refractivity contribution in [3.8, 4) is 0 Å². The number of hydrogen-bond donors (Lipinski definition) is 1. The Bertz CT molecular complexity index is 507. The molecule has 1 fully saturated rings. The van der Waals surface area contributed by atoms with Crippen molar-refractivity contribution in [3.05, 3.63) is 17.5 Å². The van der Waals surface area contributed by atoms with Crippen LogP contribution in [0.1, 0.15) is 37.2 Å². The van der Waals surface area contributed by atoms with Gasteiger partial charge in [-0.3, -0.25) is 9.48 Å². The maximum Gasteiger partial charge on any atom is 0.244 e. The van der Waals surface area contributed by atoms with Gasteiger partial charge < -0.3 is 15.0 Å². The maximum absolute atomic E-state index is 12.4. The zero-order valence-corrected chi connectivity index (χ0v) is 14.8. The molecule has 1 aliphatic rings. The molecule has 0 spiro atoms. The Morgan fingerprint density at radius 1 is 1.43 bits per heavy atom. The third kappa shape index (κ3) is 5.04. The molecular formula is C17H30N4O2. The number of methoxy groups -OCH3 is 1. The monoisotopic (exact) mass is 322 g/mol. The highest BCUT2D eigenvalue weighted by Crippen LogP contribution is 2.17. The molecule has 2 heterocycles. The average molecular weight is 322 g/mol. The standard InChI is InChI=1S/C17H30N4O2/c1-13-11-14(2)21(19-13)15(3)17(22)18-12-16-5-7-20(8-6-16)9-10-23-4/h11,15-16H,5-10,12H2,1-4H3,(H,18,22)/t15-/m0/s1. The molecule has 1 amide bonds. The molecule has 0 unspecified atom stereocenters. The number of piperidine rings is 1. The molecule has 1 aromatic heterocycles. The lowest BCUT2D eigenvalue weighted by Crippen LogP contribution is -2.41. The number of ether oxygens (including phenoxy) is 1. The normalized spacial score (nSPS) is 18.1. The first kappa shape index (κ1) is 17.9. The van der Waals surface area contributed by atoms with Crippen LogP contribution in [0.5, 0.6) is 0 Å². The summed E-state index contributed by atoms with van der Waals surface area (Å²) in [6, 6.07) is 1.74. The van der Waals surface area contributed by atoms with Crippen LogP contribution in [0, 0.1) is 19.8 Å². The van der Waals surface area contributed by atoms with E-state index in [1.807, 2.05) is 26.8 Å². The van der Waals surface area contributed by atoms with E-state index in [-0.39, 0.29) is 11.9 Å². The highest BCUT2D eigenvalue weighted by atomic mass is 16.5. The van der Waals surface area contributed by atoms with E-state index in [9.17, 15) is 4.79 Å². The summed E-state index contributed by atoms with van der Waals surface area (Å²) in [6.07, 6.45) is 2.27. The molecule has 1 atom stereocenters. The number of rotatable bonds is 7. The van der Waals surface area contributed by atoms with E-state index in [0.29, 0.717) is 5.92 Å². The molecule has 0 aliphatic carbocycles. The third-order valence-corrected chi connectivity index (χ3v) is 4.67. The van der Waals surface area contributed by atoms with Crippen molar-refractivity contribution >= 4 is 5.91 Å². The number of likely N-dealkylation sites (tertiary alicyclic amines) is 1. The summed E-state index contributed by atoms with van der Waals surface area (Å²) in [7, 11) is 1.74. The molecule has 6 nitrogen and oxygen atoms in total. The third-order valence-electron chi connectivity index (χ3n) is 4.67. The Morgan fingerprint density at radius 2 is 2.13 bits per heavy atom. The Morgan fingerprint density at radius 3 is 2.70 bits per heavy atom. The van der Waals surface area contributed by atoms with Gasteiger partial charge in [0, 0.05) is 25.9 Å². The molecule has 0 bridgehead atoms. The van der Waals surface area contributed by atoms with Gasteiger partial charge in [0.15, 0.2) is 0 Å². The molecule has 0 radical (unpaired) electrons.